The highest BCUT2D eigenvalue weighted by atomic mass is 32.2. The molecule has 0 spiro atoms. The van der Waals surface area contributed by atoms with Crippen LogP contribution in [0.15, 0.2) is 27.4 Å². The number of hydrogen-bond donors (Lipinski definition) is 2. The second-order valence-corrected chi connectivity index (χ2v) is 5.24. The highest BCUT2D eigenvalue weighted by molar-refractivity contribution is 7.92. The third-order valence-corrected chi connectivity index (χ3v) is 3.38. The lowest BCUT2D eigenvalue weighted by Gasteiger charge is -2.04. The van der Waals surface area contributed by atoms with Crippen LogP contribution in [0.25, 0.3) is 11.1 Å². The summed E-state index contributed by atoms with van der Waals surface area (Å²) in [6.45, 7) is 1.54. The number of aromatic amines is 1. The fourth-order valence-electron chi connectivity index (χ4n) is 1.27. The molecule has 6 nitrogen and oxygen atoms in total. The molecule has 0 aliphatic heterocycles. The maximum Gasteiger partial charge on any atom is 0.417 e. The Morgan fingerprint density at radius 3 is 2.88 bits per heavy atom. The minimum atomic E-state index is -3.31. The second-order valence-electron chi connectivity index (χ2n) is 3.23. The van der Waals surface area contributed by atoms with Gasteiger partial charge in [0.05, 0.1) is 17.0 Å². The third kappa shape index (κ3) is 2.08. The maximum absolute atomic E-state index is 11.3. The van der Waals surface area contributed by atoms with Crippen molar-refractivity contribution in [3.63, 3.8) is 0 Å². The van der Waals surface area contributed by atoms with Gasteiger partial charge in [-0.25, -0.2) is 13.2 Å². The van der Waals surface area contributed by atoms with E-state index in [2.05, 4.69) is 9.71 Å². The zero-order chi connectivity index (χ0) is 11.8. The fourth-order valence-corrected chi connectivity index (χ4v) is 1.90. The topological polar surface area (TPSA) is 92.2 Å². The van der Waals surface area contributed by atoms with E-state index in [1.165, 1.54) is 18.2 Å². The number of oxazole rings is 1. The van der Waals surface area contributed by atoms with Crippen molar-refractivity contribution < 1.29 is 12.8 Å². The summed E-state index contributed by atoms with van der Waals surface area (Å²) in [5, 5.41) is 0. The number of aromatic nitrogens is 1. The SMILES string of the molecule is CCS(=O)(=O)Nc1ccc2oc(=O)[nH]c2c1. The summed E-state index contributed by atoms with van der Waals surface area (Å²) in [4.78, 5) is 13.3. The zero-order valence-corrected chi connectivity index (χ0v) is 9.30. The first-order valence-corrected chi connectivity index (χ1v) is 6.29. The molecule has 1 heterocycles. The summed E-state index contributed by atoms with van der Waals surface area (Å²) < 4.78 is 29.8. The van der Waals surface area contributed by atoms with Crippen LogP contribution in [0.5, 0.6) is 0 Å². The van der Waals surface area contributed by atoms with Crippen LogP contribution in [-0.2, 0) is 10.0 Å². The van der Waals surface area contributed by atoms with Gasteiger partial charge in [-0.2, -0.15) is 0 Å². The lowest BCUT2D eigenvalue weighted by molar-refractivity contribution is 0.555. The molecule has 7 heteroatoms. The first-order valence-electron chi connectivity index (χ1n) is 4.63. The summed E-state index contributed by atoms with van der Waals surface area (Å²) in [5.74, 6) is -0.571. The Kier molecular flexibility index (Phi) is 2.47. The van der Waals surface area contributed by atoms with Crippen molar-refractivity contribution >= 4 is 26.8 Å². The smallest absolute Gasteiger partial charge is 0.408 e. The van der Waals surface area contributed by atoms with E-state index in [0.29, 0.717) is 16.8 Å². The zero-order valence-electron chi connectivity index (χ0n) is 8.48. The molecule has 2 rings (SSSR count). The molecule has 2 aromatic rings. The number of hydrogen-bond acceptors (Lipinski definition) is 4. The van der Waals surface area contributed by atoms with Gasteiger partial charge < -0.3 is 4.42 Å². The van der Waals surface area contributed by atoms with Gasteiger partial charge in [0.2, 0.25) is 10.0 Å². The molecule has 0 bridgehead atoms. The molecule has 0 aliphatic carbocycles. The Labute approximate surface area is 91.3 Å². The van der Waals surface area contributed by atoms with Crippen molar-refractivity contribution in [1.82, 2.24) is 4.98 Å². The van der Waals surface area contributed by atoms with E-state index < -0.39 is 15.8 Å². The van der Waals surface area contributed by atoms with E-state index in [1.807, 2.05) is 0 Å². The number of nitrogens with one attached hydrogen (secondary N) is 2. The number of H-pyrrole nitrogens is 1. The van der Waals surface area contributed by atoms with Gasteiger partial charge in [-0.1, -0.05) is 0 Å². The lowest BCUT2D eigenvalue weighted by Crippen LogP contribution is -2.14. The molecular formula is C9H10N2O4S. The van der Waals surface area contributed by atoms with Gasteiger partial charge in [-0.3, -0.25) is 9.71 Å². The molecule has 86 valence electrons. The molecule has 0 unspecified atom stereocenters. The number of anilines is 1. The van der Waals surface area contributed by atoms with Gasteiger partial charge in [0.1, 0.15) is 0 Å². The third-order valence-electron chi connectivity index (χ3n) is 2.07. The minimum absolute atomic E-state index is 0.00700. The highest BCUT2D eigenvalue weighted by Crippen LogP contribution is 2.17. The molecule has 0 radical (unpaired) electrons. The molecule has 16 heavy (non-hydrogen) atoms. The van der Waals surface area contributed by atoms with Gasteiger partial charge in [0, 0.05) is 0 Å². The Bertz CT molecular complexity index is 668. The van der Waals surface area contributed by atoms with Gasteiger partial charge in [0.25, 0.3) is 0 Å². The first kappa shape index (κ1) is 10.7. The normalized spacial score (nSPS) is 11.8. The second kappa shape index (κ2) is 3.67. The van der Waals surface area contributed by atoms with Crippen LogP contribution in [0.4, 0.5) is 5.69 Å². The Hall–Kier alpha value is -1.76. The number of fused-ring (bicyclic) bond motifs is 1. The van der Waals surface area contributed by atoms with Crippen LogP contribution in [0.3, 0.4) is 0 Å². The Morgan fingerprint density at radius 1 is 1.44 bits per heavy atom. The number of benzene rings is 1. The lowest BCUT2D eigenvalue weighted by atomic mass is 10.3. The quantitative estimate of drug-likeness (QED) is 0.835. The fraction of sp³-hybridized carbons (Fsp3) is 0.222. The van der Waals surface area contributed by atoms with Crippen molar-refractivity contribution in [3.8, 4) is 0 Å². The summed E-state index contributed by atoms with van der Waals surface area (Å²) in [5.41, 5.74) is 1.25. The molecule has 0 amide bonds. The average molecular weight is 242 g/mol. The van der Waals surface area contributed by atoms with Crippen LogP contribution in [0.1, 0.15) is 6.92 Å². The van der Waals surface area contributed by atoms with Crippen LogP contribution < -0.4 is 10.5 Å². The van der Waals surface area contributed by atoms with Crippen LogP contribution >= 0.6 is 0 Å². The number of rotatable bonds is 3. The van der Waals surface area contributed by atoms with E-state index in [1.54, 1.807) is 6.92 Å². The number of sulfonamides is 1. The monoisotopic (exact) mass is 242 g/mol. The van der Waals surface area contributed by atoms with Gasteiger partial charge in [-0.05, 0) is 25.1 Å². The van der Waals surface area contributed by atoms with Gasteiger partial charge in [-0.15, -0.1) is 0 Å². The Morgan fingerprint density at radius 2 is 2.19 bits per heavy atom. The summed E-state index contributed by atoms with van der Waals surface area (Å²) in [6, 6.07) is 4.57. The molecule has 2 N–H and O–H groups in total. The predicted octanol–water partition coefficient (Wildman–Crippen LogP) is 0.883. The van der Waals surface area contributed by atoms with Crippen molar-refractivity contribution in [2.45, 2.75) is 6.92 Å². The molecule has 1 aromatic heterocycles. The Balaban J connectivity index is 2.43. The highest BCUT2D eigenvalue weighted by Gasteiger charge is 2.08. The summed E-state index contributed by atoms with van der Waals surface area (Å²) in [7, 11) is -3.31. The van der Waals surface area contributed by atoms with E-state index >= 15 is 0 Å². The van der Waals surface area contributed by atoms with Crippen LogP contribution in [0.2, 0.25) is 0 Å². The molecule has 1 aromatic carbocycles. The average Bonchev–Trinajstić information content (AvgIpc) is 2.57. The minimum Gasteiger partial charge on any atom is -0.408 e. The van der Waals surface area contributed by atoms with E-state index in [9.17, 15) is 13.2 Å². The van der Waals surface area contributed by atoms with Gasteiger partial charge in [0.15, 0.2) is 5.58 Å². The maximum atomic E-state index is 11.3. The molecule has 0 fully saturated rings. The summed E-state index contributed by atoms with van der Waals surface area (Å²) in [6.07, 6.45) is 0. The predicted molar refractivity (Wildman–Crippen MR) is 59.9 cm³/mol. The van der Waals surface area contributed by atoms with E-state index in [4.69, 9.17) is 4.42 Å². The molecule has 0 aliphatic rings. The van der Waals surface area contributed by atoms with Crippen molar-refractivity contribution in [1.29, 1.82) is 0 Å². The molecule has 0 saturated carbocycles. The first-order chi connectivity index (χ1) is 7.50. The standard InChI is InChI=1S/C9H10N2O4S/c1-2-16(13,14)11-6-3-4-8-7(5-6)10-9(12)15-8/h3-5,11H,2H2,1H3,(H,10,12). The summed E-state index contributed by atoms with van der Waals surface area (Å²) >= 11 is 0. The van der Waals surface area contributed by atoms with Crippen LogP contribution in [-0.4, -0.2) is 19.2 Å². The van der Waals surface area contributed by atoms with Crippen molar-refractivity contribution in [2.75, 3.05) is 10.5 Å². The molecule has 0 atom stereocenters. The van der Waals surface area contributed by atoms with Crippen molar-refractivity contribution in [2.24, 2.45) is 0 Å². The van der Waals surface area contributed by atoms with Crippen LogP contribution in [0, 0.1) is 0 Å². The van der Waals surface area contributed by atoms with Crippen molar-refractivity contribution in [3.05, 3.63) is 28.7 Å². The van der Waals surface area contributed by atoms with E-state index in [-0.39, 0.29) is 5.75 Å². The molecule has 0 saturated heterocycles. The molecular weight excluding hydrogens is 232 g/mol. The van der Waals surface area contributed by atoms with Gasteiger partial charge >= 0.3 is 5.76 Å². The van der Waals surface area contributed by atoms with E-state index in [0.717, 1.165) is 0 Å². The largest absolute Gasteiger partial charge is 0.417 e.